The molecule has 113 heavy (non-hydrogen) atoms. The molecule has 542 valence electrons. The number of benzene rings is 14. The Kier molecular flexibility index (Phi) is 16.5. The van der Waals surface area contributed by atoms with E-state index in [1.165, 1.54) is 5.39 Å². The molecule has 16 heteroatoms. The maximum Gasteiger partial charge on any atom is 0.494 e. The minimum absolute atomic E-state index is 0. The van der Waals surface area contributed by atoms with Crippen LogP contribution in [-0.2, 0) is 9.31 Å². The van der Waals surface area contributed by atoms with Crippen LogP contribution in [0.25, 0.3) is 211 Å². The molecule has 22 aromatic rings. The smallest absolute Gasteiger partial charge is 0.456 e. The fraction of sp³-hybridized carbons (Fsp3) is 0.0722. The van der Waals surface area contributed by atoms with E-state index in [1.807, 2.05) is 218 Å². The number of hydrogen-bond acceptors (Lipinski definition) is 14. The summed E-state index contributed by atoms with van der Waals surface area (Å²) in [6, 6.07) is 101. The average molecular weight is 1530 g/mol. The number of halogens is 1. The minimum Gasteiger partial charge on any atom is -0.456 e. The first-order chi connectivity index (χ1) is 54.8. The summed E-state index contributed by atoms with van der Waals surface area (Å²) in [6.07, 6.45) is 0. The molecule has 0 bridgehead atoms. The largest absolute Gasteiger partial charge is 0.494 e. The van der Waals surface area contributed by atoms with Gasteiger partial charge in [-0.1, -0.05) is 226 Å². The lowest BCUT2D eigenvalue weighted by Gasteiger charge is -2.32. The Bertz CT molecular complexity index is 7510. The maximum absolute atomic E-state index is 6.46. The van der Waals surface area contributed by atoms with Gasteiger partial charge < -0.3 is 35.8 Å². The minimum atomic E-state index is -0.453. The molecule has 8 aromatic heterocycles. The Hall–Kier alpha value is -13.6. The van der Waals surface area contributed by atoms with Crippen LogP contribution in [0.1, 0.15) is 35.1 Å². The number of fused-ring (bicyclic) bond motifs is 18. The van der Waals surface area contributed by atoms with Gasteiger partial charge in [0.25, 0.3) is 0 Å². The number of hydrogen-bond donors (Lipinski definition) is 0. The Balaban J connectivity index is 0.000000124. The van der Waals surface area contributed by atoms with Gasteiger partial charge in [-0.25, -0.2) is 29.9 Å². The van der Waals surface area contributed by atoms with Gasteiger partial charge in [-0.05, 0) is 140 Å². The van der Waals surface area contributed by atoms with E-state index < -0.39 is 18.3 Å². The summed E-state index contributed by atoms with van der Waals surface area (Å²) in [4.78, 5) is 30.1. The first-order valence-electron chi connectivity index (χ1n) is 37.0. The van der Waals surface area contributed by atoms with Crippen LogP contribution in [0.4, 0.5) is 0 Å². The third kappa shape index (κ3) is 11.9. The Morgan fingerprint density at radius 1 is 0.248 bits per heavy atom. The summed E-state index contributed by atoms with van der Waals surface area (Å²) < 4.78 is 51.0. The highest BCUT2D eigenvalue weighted by Gasteiger charge is 2.52. The van der Waals surface area contributed by atoms with Crippen molar-refractivity contribution in [3.8, 4) is 79.5 Å². The van der Waals surface area contributed by atoms with E-state index in [9.17, 15) is 0 Å². The molecule has 0 saturated carbocycles. The molecule has 9 heterocycles. The first kappa shape index (κ1) is 68.6. The van der Waals surface area contributed by atoms with Crippen LogP contribution in [0, 0.1) is 0 Å². The molecule has 1 saturated heterocycles. The van der Waals surface area contributed by atoms with Crippen LogP contribution in [0.2, 0.25) is 0 Å². The van der Waals surface area contributed by atoms with Crippen LogP contribution in [0.3, 0.4) is 0 Å². The second kappa shape index (κ2) is 27.1. The fourth-order valence-corrected chi connectivity index (χ4v) is 15.9. The average Bonchev–Trinajstić information content (AvgIpc) is 1.66. The molecule has 0 unspecified atom stereocenters. The highest BCUT2D eigenvalue weighted by Crippen LogP contribution is 2.44. The van der Waals surface area contributed by atoms with Crippen molar-refractivity contribution in [3.05, 3.63) is 308 Å². The number of rotatable bonds is 8. The molecule has 1 aliphatic rings. The van der Waals surface area contributed by atoms with Crippen LogP contribution in [-0.4, -0.2) is 48.2 Å². The van der Waals surface area contributed by atoms with Crippen molar-refractivity contribution >= 4 is 160 Å². The number of aromatic nitrogens is 6. The zero-order valence-corrected chi connectivity index (χ0v) is 62.4. The van der Waals surface area contributed by atoms with Crippen molar-refractivity contribution in [1.82, 2.24) is 29.9 Å². The zero-order valence-electron chi connectivity index (χ0n) is 60.8. The number of furan rings is 6. The zero-order chi connectivity index (χ0) is 74.9. The van der Waals surface area contributed by atoms with Gasteiger partial charge in [0.15, 0.2) is 34.9 Å². The monoisotopic (exact) mass is 1530 g/mol. The van der Waals surface area contributed by atoms with Crippen molar-refractivity contribution in [2.45, 2.75) is 46.3 Å². The molecular weight excluding hydrogens is 1470 g/mol. The van der Waals surface area contributed by atoms with Crippen molar-refractivity contribution < 1.29 is 35.8 Å². The van der Waals surface area contributed by atoms with E-state index in [2.05, 4.69) is 129 Å². The summed E-state index contributed by atoms with van der Waals surface area (Å²) in [7, 11) is -0.453. The van der Waals surface area contributed by atoms with Crippen molar-refractivity contribution in [1.29, 1.82) is 0 Å². The van der Waals surface area contributed by atoms with E-state index in [0.717, 1.165) is 181 Å². The molecule has 1 fully saturated rings. The van der Waals surface area contributed by atoms with Crippen LogP contribution in [0.5, 0.6) is 0 Å². The molecule has 14 aromatic carbocycles. The van der Waals surface area contributed by atoms with Gasteiger partial charge >= 0.3 is 7.12 Å². The molecule has 14 nitrogen and oxygen atoms in total. The lowest BCUT2D eigenvalue weighted by atomic mass is 9.78. The van der Waals surface area contributed by atoms with Crippen molar-refractivity contribution in [3.63, 3.8) is 0 Å². The lowest BCUT2D eigenvalue weighted by molar-refractivity contribution is 0.00578. The Morgan fingerprint density at radius 2 is 0.602 bits per heavy atom. The van der Waals surface area contributed by atoms with E-state index in [1.54, 1.807) is 0 Å². The number of nitrogens with zero attached hydrogens (tertiary/aromatic N) is 6. The molecule has 23 rings (SSSR count). The number of para-hydroxylation sites is 6. The molecule has 0 spiro atoms. The van der Waals surface area contributed by atoms with Gasteiger partial charge in [0.2, 0.25) is 0 Å². The molecule has 0 amide bonds. The second-order valence-corrected chi connectivity index (χ2v) is 29.9. The Labute approximate surface area is 655 Å². The molecule has 0 aliphatic carbocycles. The van der Waals surface area contributed by atoms with Gasteiger partial charge in [0.1, 0.15) is 67.0 Å². The third-order valence-corrected chi connectivity index (χ3v) is 22.3. The van der Waals surface area contributed by atoms with E-state index in [0.29, 0.717) is 34.9 Å². The fourth-order valence-electron chi connectivity index (χ4n) is 15.4. The quantitative estimate of drug-likeness (QED) is 0.131. The molecule has 0 N–H and O–H groups in total. The molecule has 0 radical (unpaired) electrons. The van der Waals surface area contributed by atoms with Gasteiger partial charge in [-0.15, -0.1) is 0 Å². The third-order valence-electron chi connectivity index (χ3n) is 21.7. The molecular formula is C97H66BBrN6O8. The first-order valence-corrected chi connectivity index (χ1v) is 37.8. The summed E-state index contributed by atoms with van der Waals surface area (Å²) in [5, 5.41) is 12.6. The predicted molar refractivity (Wildman–Crippen MR) is 458 cm³/mol. The summed E-state index contributed by atoms with van der Waals surface area (Å²) in [5.41, 5.74) is 17.4. The topological polar surface area (TPSA) is 175 Å². The standard InChI is InChI=1S/C45H25N3O3.C39H30BN3O4.C12H7BrO.CH4/c1-2-10-26(11-3-1)43-46-44(48-45(47-43)34-16-9-19-39-41(34)33-13-5-7-18-37(33)49-39)28-20-22-31-35-24-27(21-23-38(35)50-40(31)25-28)29-14-8-15-32-30-12-4-6-17-36(30)51-42(29)32;1-38(2)39(3,4)47-40(46-38)25-18-20-31-29(22-25)26-19-17-24(21-33(26)45-31)36-41-35(23-11-6-5-7-12-23)42-37(43-36)28-14-10-16-32-34(28)27-13-8-9-15-30(27)44-32;13-10-6-3-5-9-8-4-1-2-7-11(8)14-12(9)10;/h1-25H;5-22H,1-4H3;1-7H;1H4. The lowest BCUT2D eigenvalue weighted by Crippen LogP contribution is -2.41. The van der Waals surface area contributed by atoms with E-state index in [4.69, 9.17) is 65.7 Å². The van der Waals surface area contributed by atoms with E-state index >= 15 is 0 Å². The Morgan fingerprint density at radius 3 is 1.12 bits per heavy atom. The predicted octanol–water partition coefficient (Wildman–Crippen LogP) is 26.2. The highest BCUT2D eigenvalue weighted by atomic mass is 79.9. The van der Waals surface area contributed by atoms with E-state index in [-0.39, 0.29) is 7.43 Å². The summed E-state index contributed by atoms with van der Waals surface area (Å²) >= 11 is 3.48. The van der Waals surface area contributed by atoms with Crippen molar-refractivity contribution in [2.75, 3.05) is 0 Å². The summed E-state index contributed by atoms with van der Waals surface area (Å²) in [6.45, 7) is 8.25. The van der Waals surface area contributed by atoms with Gasteiger partial charge in [-0.2, -0.15) is 0 Å². The maximum atomic E-state index is 6.46. The molecule has 1 aliphatic heterocycles. The SMILES string of the molecule is Brc1cccc2c1oc1ccccc12.C.CC1(C)OB(c2ccc3oc4cc(-c5nc(-c6ccccc6)nc(-c6cccc7oc8ccccc8c67)n5)ccc4c3c2)OC1(C)C.c1ccc(-c2nc(-c3ccc4c(c3)oc3ccc(-c5cccc6c5oc5ccccc56)cc34)nc(-c3cccc4oc5ccccc5c34)n2)cc1. The van der Waals surface area contributed by atoms with Crippen LogP contribution >= 0.6 is 15.9 Å². The van der Waals surface area contributed by atoms with Crippen LogP contribution < -0.4 is 5.46 Å². The van der Waals surface area contributed by atoms with Gasteiger partial charge in [0.05, 0.1) is 15.7 Å². The van der Waals surface area contributed by atoms with Gasteiger partial charge in [-0.3, -0.25) is 0 Å². The normalized spacial score (nSPS) is 13.3. The van der Waals surface area contributed by atoms with Crippen molar-refractivity contribution in [2.24, 2.45) is 0 Å². The highest BCUT2D eigenvalue weighted by molar-refractivity contribution is 9.10. The summed E-state index contributed by atoms with van der Waals surface area (Å²) in [5.74, 6) is 3.44. The van der Waals surface area contributed by atoms with Gasteiger partial charge in [0, 0.05) is 104 Å². The van der Waals surface area contributed by atoms with Crippen LogP contribution in [0.15, 0.2) is 334 Å². The second-order valence-electron chi connectivity index (χ2n) is 29.1. The molecule has 0 atom stereocenters.